The van der Waals surface area contributed by atoms with Gasteiger partial charge in [0, 0.05) is 25.2 Å². The first kappa shape index (κ1) is 15.1. The number of hydrogen-bond donors (Lipinski definition) is 2. The third-order valence-corrected chi connectivity index (χ3v) is 2.58. The highest BCUT2D eigenvalue weighted by Gasteiger charge is 2.04. The Morgan fingerprint density at radius 3 is 2.17 bits per heavy atom. The second kappa shape index (κ2) is 7.44. The van der Waals surface area contributed by atoms with Gasteiger partial charge in [0.1, 0.15) is 11.6 Å². The number of nitrogens with one attached hydrogen (secondary N) is 2. The second-order valence-electron chi connectivity index (χ2n) is 5.11. The van der Waals surface area contributed by atoms with Crippen LogP contribution in [0, 0.1) is 17.6 Å². The average molecular weight is 256 g/mol. The fourth-order valence-electron chi connectivity index (χ4n) is 1.67. The zero-order valence-electron chi connectivity index (χ0n) is 11.3. The smallest absolute Gasteiger partial charge is 0.126 e. The first-order valence-electron chi connectivity index (χ1n) is 6.36. The van der Waals surface area contributed by atoms with E-state index in [4.69, 9.17) is 0 Å². The highest BCUT2D eigenvalue weighted by Crippen LogP contribution is 2.07. The van der Waals surface area contributed by atoms with E-state index in [9.17, 15) is 8.78 Å². The van der Waals surface area contributed by atoms with Crippen molar-refractivity contribution >= 4 is 0 Å². The van der Waals surface area contributed by atoms with Gasteiger partial charge in [0.15, 0.2) is 0 Å². The third kappa shape index (κ3) is 6.07. The monoisotopic (exact) mass is 256 g/mol. The molecule has 0 aliphatic carbocycles. The molecule has 1 atom stereocenters. The van der Waals surface area contributed by atoms with Crippen LogP contribution in [0.2, 0.25) is 0 Å². The van der Waals surface area contributed by atoms with Crippen LogP contribution in [-0.4, -0.2) is 19.1 Å². The van der Waals surface area contributed by atoms with E-state index in [0.717, 1.165) is 19.2 Å². The Kier molecular flexibility index (Phi) is 6.22. The highest BCUT2D eigenvalue weighted by molar-refractivity contribution is 5.17. The molecule has 0 aliphatic rings. The topological polar surface area (TPSA) is 24.1 Å². The molecule has 0 aliphatic heterocycles. The van der Waals surface area contributed by atoms with Crippen LogP contribution in [0.25, 0.3) is 0 Å². The van der Waals surface area contributed by atoms with Crippen molar-refractivity contribution in [2.75, 3.05) is 13.1 Å². The molecule has 0 heterocycles. The summed E-state index contributed by atoms with van der Waals surface area (Å²) in [7, 11) is 0. The lowest BCUT2D eigenvalue weighted by Gasteiger charge is -2.16. The Labute approximate surface area is 108 Å². The number of halogens is 2. The molecule has 4 heteroatoms. The lowest BCUT2D eigenvalue weighted by Crippen LogP contribution is -2.37. The molecule has 0 spiro atoms. The normalized spacial score (nSPS) is 13.0. The largest absolute Gasteiger partial charge is 0.315 e. The predicted octanol–water partition coefficient (Wildman–Crippen LogP) is 2.69. The van der Waals surface area contributed by atoms with E-state index in [1.165, 1.54) is 12.1 Å². The summed E-state index contributed by atoms with van der Waals surface area (Å²) in [6, 6.07) is 3.85. The third-order valence-electron chi connectivity index (χ3n) is 2.58. The maximum atomic E-state index is 13.0. The fraction of sp³-hybridized carbons (Fsp3) is 0.571. The van der Waals surface area contributed by atoms with Gasteiger partial charge in [0.05, 0.1) is 0 Å². The minimum Gasteiger partial charge on any atom is -0.315 e. The van der Waals surface area contributed by atoms with Crippen LogP contribution in [0.4, 0.5) is 8.78 Å². The summed E-state index contributed by atoms with van der Waals surface area (Å²) in [4.78, 5) is 0. The first-order chi connectivity index (χ1) is 8.47. The van der Waals surface area contributed by atoms with E-state index >= 15 is 0 Å². The minimum absolute atomic E-state index is 0.259. The van der Waals surface area contributed by atoms with Crippen molar-refractivity contribution in [2.45, 2.75) is 33.4 Å². The molecule has 2 N–H and O–H groups in total. The zero-order chi connectivity index (χ0) is 13.5. The van der Waals surface area contributed by atoms with Crippen molar-refractivity contribution in [1.29, 1.82) is 0 Å². The molecule has 0 amide bonds. The molecule has 1 rings (SSSR count). The van der Waals surface area contributed by atoms with Gasteiger partial charge >= 0.3 is 0 Å². The van der Waals surface area contributed by atoms with Gasteiger partial charge in [-0.15, -0.1) is 0 Å². The summed E-state index contributed by atoms with van der Waals surface area (Å²) in [6.45, 7) is 8.64. The van der Waals surface area contributed by atoms with Crippen LogP contribution in [0.5, 0.6) is 0 Å². The molecule has 0 bridgehead atoms. The van der Waals surface area contributed by atoms with Gasteiger partial charge < -0.3 is 10.6 Å². The summed E-state index contributed by atoms with van der Waals surface area (Å²) in [5, 5.41) is 6.56. The SMILES string of the molecule is CC(C)CNCC(C)NCc1cc(F)cc(F)c1. The van der Waals surface area contributed by atoms with E-state index in [-0.39, 0.29) is 6.04 Å². The Hall–Kier alpha value is -1.00. The van der Waals surface area contributed by atoms with E-state index in [0.29, 0.717) is 18.0 Å². The summed E-state index contributed by atoms with van der Waals surface area (Å²) < 4.78 is 25.9. The Balaban J connectivity index is 2.31. The molecule has 1 aromatic carbocycles. The summed E-state index contributed by atoms with van der Waals surface area (Å²) in [5.41, 5.74) is 0.628. The van der Waals surface area contributed by atoms with E-state index in [1.54, 1.807) is 0 Å². The molecular weight excluding hydrogens is 234 g/mol. The summed E-state index contributed by atoms with van der Waals surface area (Å²) in [5.74, 6) is -0.440. The van der Waals surface area contributed by atoms with Crippen LogP contribution in [0.15, 0.2) is 18.2 Å². The van der Waals surface area contributed by atoms with Crippen LogP contribution in [0.3, 0.4) is 0 Å². The van der Waals surface area contributed by atoms with Crippen molar-refractivity contribution < 1.29 is 8.78 Å². The Morgan fingerprint density at radius 1 is 1.00 bits per heavy atom. The molecule has 0 aromatic heterocycles. The molecule has 0 saturated carbocycles. The fourth-order valence-corrected chi connectivity index (χ4v) is 1.67. The van der Waals surface area contributed by atoms with Crippen LogP contribution in [0.1, 0.15) is 26.3 Å². The molecule has 102 valence electrons. The predicted molar refractivity (Wildman–Crippen MR) is 70.4 cm³/mol. The number of rotatable bonds is 7. The van der Waals surface area contributed by atoms with Gasteiger partial charge in [0.2, 0.25) is 0 Å². The maximum Gasteiger partial charge on any atom is 0.126 e. The summed E-state index contributed by atoms with van der Waals surface area (Å²) >= 11 is 0. The molecule has 0 radical (unpaired) electrons. The summed E-state index contributed by atoms with van der Waals surface area (Å²) in [6.07, 6.45) is 0. The van der Waals surface area contributed by atoms with E-state index in [2.05, 4.69) is 24.5 Å². The Bertz CT molecular complexity index is 347. The lowest BCUT2D eigenvalue weighted by atomic mass is 10.2. The molecule has 2 nitrogen and oxygen atoms in total. The molecule has 18 heavy (non-hydrogen) atoms. The van der Waals surface area contributed by atoms with Crippen LogP contribution in [-0.2, 0) is 6.54 Å². The number of hydrogen-bond acceptors (Lipinski definition) is 2. The molecule has 1 aromatic rings. The van der Waals surface area contributed by atoms with Gasteiger partial charge in [-0.1, -0.05) is 13.8 Å². The highest BCUT2D eigenvalue weighted by atomic mass is 19.1. The maximum absolute atomic E-state index is 13.0. The van der Waals surface area contributed by atoms with Crippen LogP contribution < -0.4 is 10.6 Å². The standard InChI is InChI=1S/C14H22F2N2/c1-10(2)7-17-8-11(3)18-9-12-4-13(15)6-14(16)5-12/h4-6,10-11,17-18H,7-9H2,1-3H3. The van der Waals surface area contributed by atoms with Gasteiger partial charge in [-0.2, -0.15) is 0 Å². The van der Waals surface area contributed by atoms with E-state index < -0.39 is 11.6 Å². The van der Waals surface area contributed by atoms with Gasteiger partial charge in [-0.05, 0) is 37.1 Å². The quantitative estimate of drug-likeness (QED) is 0.784. The van der Waals surface area contributed by atoms with Crippen molar-refractivity contribution in [3.63, 3.8) is 0 Å². The number of benzene rings is 1. The van der Waals surface area contributed by atoms with Crippen LogP contribution >= 0.6 is 0 Å². The van der Waals surface area contributed by atoms with Crippen molar-refractivity contribution in [2.24, 2.45) is 5.92 Å². The molecule has 0 saturated heterocycles. The lowest BCUT2D eigenvalue weighted by molar-refractivity contribution is 0.470. The van der Waals surface area contributed by atoms with Crippen molar-refractivity contribution in [3.8, 4) is 0 Å². The van der Waals surface area contributed by atoms with Gasteiger partial charge in [-0.3, -0.25) is 0 Å². The molecule has 0 fully saturated rings. The van der Waals surface area contributed by atoms with Crippen molar-refractivity contribution in [1.82, 2.24) is 10.6 Å². The molecular formula is C14H22F2N2. The average Bonchev–Trinajstić information content (AvgIpc) is 2.24. The van der Waals surface area contributed by atoms with Gasteiger partial charge in [0.25, 0.3) is 0 Å². The van der Waals surface area contributed by atoms with E-state index in [1.807, 2.05) is 6.92 Å². The zero-order valence-corrected chi connectivity index (χ0v) is 11.3. The first-order valence-corrected chi connectivity index (χ1v) is 6.36. The van der Waals surface area contributed by atoms with Crippen molar-refractivity contribution in [3.05, 3.63) is 35.4 Å². The van der Waals surface area contributed by atoms with Gasteiger partial charge in [-0.25, -0.2) is 8.78 Å². The minimum atomic E-state index is -0.530. The molecule has 1 unspecified atom stereocenters. The second-order valence-corrected chi connectivity index (χ2v) is 5.11. The Morgan fingerprint density at radius 2 is 1.61 bits per heavy atom.